The van der Waals surface area contributed by atoms with Crippen molar-refractivity contribution in [1.29, 1.82) is 0 Å². The normalized spacial score (nSPS) is 13.0. The molecule has 0 unspecified atom stereocenters. The van der Waals surface area contributed by atoms with Crippen molar-refractivity contribution in [3.05, 3.63) is 41.2 Å². The zero-order valence-electron chi connectivity index (χ0n) is 12.7. The molecule has 1 aliphatic rings. The van der Waals surface area contributed by atoms with Gasteiger partial charge in [-0.2, -0.15) is 0 Å². The van der Waals surface area contributed by atoms with E-state index in [-0.39, 0.29) is 0 Å². The molecule has 4 nitrogen and oxygen atoms in total. The number of anilines is 3. The van der Waals surface area contributed by atoms with E-state index in [0.29, 0.717) is 0 Å². The van der Waals surface area contributed by atoms with Gasteiger partial charge in [0.1, 0.15) is 17.5 Å². The highest BCUT2D eigenvalue weighted by molar-refractivity contribution is 5.61. The molecule has 110 valence electrons. The molecule has 0 radical (unpaired) electrons. The summed E-state index contributed by atoms with van der Waals surface area (Å²) in [5.74, 6) is 2.60. The predicted octanol–water partition coefficient (Wildman–Crippen LogP) is 3.70. The van der Waals surface area contributed by atoms with E-state index >= 15 is 0 Å². The molecule has 3 rings (SSSR count). The Balaban J connectivity index is 1.85. The summed E-state index contributed by atoms with van der Waals surface area (Å²) in [6.07, 6.45) is 5.63. The number of aryl methyl sites for hydroxylation is 3. The van der Waals surface area contributed by atoms with Crippen molar-refractivity contribution in [1.82, 2.24) is 9.97 Å². The highest BCUT2D eigenvalue weighted by atomic mass is 15.1. The number of hydrogen-bond acceptors (Lipinski definition) is 4. The number of nitrogens with one attached hydrogen (secondary N) is 2. The van der Waals surface area contributed by atoms with Crippen LogP contribution in [-0.4, -0.2) is 17.0 Å². The van der Waals surface area contributed by atoms with E-state index in [2.05, 4.69) is 45.7 Å². The Morgan fingerprint density at radius 2 is 1.86 bits per heavy atom. The van der Waals surface area contributed by atoms with Crippen molar-refractivity contribution in [3.63, 3.8) is 0 Å². The maximum atomic E-state index is 4.60. The molecule has 1 aliphatic carbocycles. The highest BCUT2D eigenvalue weighted by Crippen LogP contribution is 2.26. The van der Waals surface area contributed by atoms with Gasteiger partial charge in [-0.3, -0.25) is 0 Å². The molecular weight excluding hydrogens is 260 g/mol. The smallest absolute Gasteiger partial charge is 0.136 e. The maximum Gasteiger partial charge on any atom is 0.136 e. The van der Waals surface area contributed by atoms with Crippen molar-refractivity contribution >= 4 is 17.3 Å². The molecule has 0 saturated heterocycles. The molecule has 4 heteroatoms. The maximum absolute atomic E-state index is 4.60. The van der Waals surface area contributed by atoms with E-state index in [0.717, 1.165) is 36.0 Å². The third kappa shape index (κ3) is 3.15. The first-order valence-electron chi connectivity index (χ1n) is 7.73. The average Bonchev–Trinajstić information content (AvgIpc) is 2.95. The van der Waals surface area contributed by atoms with Crippen molar-refractivity contribution in [2.24, 2.45) is 0 Å². The molecule has 0 spiro atoms. The lowest BCUT2D eigenvalue weighted by atomic mass is 10.1. The zero-order valence-corrected chi connectivity index (χ0v) is 12.7. The van der Waals surface area contributed by atoms with Crippen LogP contribution in [-0.2, 0) is 19.3 Å². The van der Waals surface area contributed by atoms with Crippen LogP contribution >= 0.6 is 0 Å². The molecule has 1 aromatic heterocycles. The minimum absolute atomic E-state index is 0.857. The number of benzene rings is 1. The van der Waals surface area contributed by atoms with Crippen LogP contribution in [0.25, 0.3) is 0 Å². The van der Waals surface area contributed by atoms with Crippen LogP contribution in [0.3, 0.4) is 0 Å². The van der Waals surface area contributed by atoms with E-state index in [1.165, 1.54) is 30.4 Å². The van der Waals surface area contributed by atoms with Crippen LogP contribution in [0.2, 0.25) is 0 Å². The first-order valence-corrected chi connectivity index (χ1v) is 7.73. The van der Waals surface area contributed by atoms with Gasteiger partial charge in [0.05, 0.1) is 0 Å². The molecule has 0 amide bonds. The van der Waals surface area contributed by atoms with Crippen LogP contribution in [0.5, 0.6) is 0 Å². The van der Waals surface area contributed by atoms with Crippen LogP contribution in [0, 0.1) is 0 Å². The molecule has 1 heterocycles. The topological polar surface area (TPSA) is 49.8 Å². The van der Waals surface area contributed by atoms with Gasteiger partial charge in [0.15, 0.2) is 0 Å². The lowest BCUT2D eigenvalue weighted by Gasteiger charge is -2.11. The molecule has 1 aromatic carbocycles. The van der Waals surface area contributed by atoms with Crippen LogP contribution in [0.1, 0.15) is 36.7 Å². The zero-order chi connectivity index (χ0) is 14.7. The van der Waals surface area contributed by atoms with Crippen molar-refractivity contribution < 1.29 is 0 Å². The molecule has 0 aliphatic heterocycles. The van der Waals surface area contributed by atoms with Crippen LogP contribution < -0.4 is 10.6 Å². The van der Waals surface area contributed by atoms with Gasteiger partial charge in [-0.05, 0) is 48.9 Å². The predicted molar refractivity (Wildman–Crippen MR) is 87.3 cm³/mol. The summed E-state index contributed by atoms with van der Waals surface area (Å²) >= 11 is 0. The van der Waals surface area contributed by atoms with Crippen molar-refractivity contribution in [2.75, 3.05) is 17.7 Å². The summed E-state index contributed by atoms with van der Waals surface area (Å²) in [4.78, 5) is 9.08. The standard InChI is InChI=1S/C17H22N4/c1-3-5-15-20-16(18-2)11-17(21-15)19-14-9-8-12-6-4-7-13(12)10-14/h8-11H,3-7H2,1-2H3,(H2,18,19,20,21). The summed E-state index contributed by atoms with van der Waals surface area (Å²) in [6, 6.07) is 8.58. The van der Waals surface area contributed by atoms with Gasteiger partial charge in [-0.1, -0.05) is 13.0 Å². The second-order valence-electron chi connectivity index (χ2n) is 5.52. The van der Waals surface area contributed by atoms with Crippen LogP contribution in [0.15, 0.2) is 24.3 Å². The average molecular weight is 282 g/mol. The number of aromatic nitrogens is 2. The van der Waals surface area contributed by atoms with Gasteiger partial charge in [0.25, 0.3) is 0 Å². The summed E-state index contributed by atoms with van der Waals surface area (Å²) in [5, 5.41) is 6.52. The van der Waals surface area contributed by atoms with Gasteiger partial charge in [-0.25, -0.2) is 9.97 Å². The third-order valence-corrected chi connectivity index (χ3v) is 3.87. The summed E-state index contributed by atoms with van der Waals surface area (Å²) < 4.78 is 0. The fourth-order valence-electron chi connectivity index (χ4n) is 2.82. The first-order chi connectivity index (χ1) is 10.3. The summed E-state index contributed by atoms with van der Waals surface area (Å²) in [5.41, 5.74) is 4.07. The molecule has 2 N–H and O–H groups in total. The second-order valence-corrected chi connectivity index (χ2v) is 5.52. The van der Waals surface area contributed by atoms with E-state index < -0.39 is 0 Å². The molecule has 0 saturated carbocycles. The Morgan fingerprint density at radius 3 is 2.67 bits per heavy atom. The van der Waals surface area contributed by atoms with Gasteiger partial charge >= 0.3 is 0 Å². The number of fused-ring (bicyclic) bond motifs is 1. The number of nitrogens with zero attached hydrogens (tertiary/aromatic N) is 2. The Morgan fingerprint density at radius 1 is 1.05 bits per heavy atom. The Kier molecular flexibility index (Phi) is 4.04. The van der Waals surface area contributed by atoms with Crippen molar-refractivity contribution in [3.8, 4) is 0 Å². The number of hydrogen-bond donors (Lipinski definition) is 2. The third-order valence-electron chi connectivity index (χ3n) is 3.87. The molecule has 0 fully saturated rings. The summed E-state index contributed by atoms with van der Waals surface area (Å²) in [7, 11) is 1.89. The van der Waals surface area contributed by atoms with Gasteiger partial charge < -0.3 is 10.6 Å². The molecule has 0 bridgehead atoms. The highest BCUT2D eigenvalue weighted by Gasteiger charge is 2.11. The first kappa shape index (κ1) is 13.9. The van der Waals surface area contributed by atoms with E-state index in [9.17, 15) is 0 Å². The van der Waals surface area contributed by atoms with E-state index in [1.807, 2.05) is 13.1 Å². The molecular formula is C17H22N4. The fourth-order valence-corrected chi connectivity index (χ4v) is 2.82. The van der Waals surface area contributed by atoms with Crippen LogP contribution in [0.4, 0.5) is 17.3 Å². The fraction of sp³-hybridized carbons (Fsp3) is 0.412. The minimum Gasteiger partial charge on any atom is -0.373 e. The van der Waals surface area contributed by atoms with Gasteiger partial charge in [0, 0.05) is 25.2 Å². The van der Waals surface area contributed by atoms with E-state index in [4.69, 9.17) is 0 Å². The van der Waals surface area contributed by atoms with Gasteiger partial charge in [0.2, 0.25) is 0 Å². The Hall–Kier alpha value is -2.10. The Labute approximate surface area is 126 Å². The largest absolute Gasteiger partial charge is 0.373 e. The molecule has 0 atom stereocenters. The number of rotatable bonds is 5. The Bertz CT molecular complexity index is 637. The minimum atomic E-state index is 0.857. The summed E-state index contributed by atoms with van der Waals surface area (Å²) in [6.45, 7) is 2.14. The second kappa shape index (κ2) is 6.12. The molecule has 2 aromatic rings. The SMILES string of the molecule is CCCc1nc(NC)cc(Nc2ccc3c(c2)CCC3)n1. The lowest BCUT2D eigenvalue weighted by molar-refractivity contribution is 0.838. The lowest BCUT2D eigenvalue weighted by Crippen LogP contribution is -2.04. The monoisotopic (exact) mass is 282 g/mol. The molecule has 21 heavy (non-hydrogen) atoms. The quantitative estimate of drug-likeness (QED) is 0.878. The van der Waals surface area contributed by atoms with Gasteiger partial charge in [-0.15, -0.1) is 0 Å². The van der Waals surface area contributed by atoms with Crippen molar-refractivity contribution in [2.45, 2.75) is 39.0 Å². The van der Waals surface area contributed by atoms with E-state index in [1.54, 1.807) is 0 Å².